The molecule has 1 aliphatic carbocycles. The van der Waals surface area contributed by atoms with Crippen LogP contribution in [-0.4, -0.2) is 36.5 Å². The second-order valence-corrected chi connectivity index (χ2v) is 3.90. The zero-order valence-corrected chi connectivity index (χ0v) is 8.50. The van der Waals surface area contributed by atoms with Gasteiger partial charge in [-0.05, 0) is 19.3 Å². The molecule has 0 aliphatic heterocycles. The van der Waals surface area contributed by atoms with Crippen molar-refractivity contribution in [2.45, 2.75) is 31.3 Å². The molecule has 7 heteroatoms. The van der Waals surface area contributed by atoms with Gasteiger partial charge in [0.05, 0.1) is 12.0 Å². The monoisotopic (exact) mass is 221 g/mol. The summed E-state index contributed by atoms with van der Waals surface area (Å²) >= 11 is 0. The molecule has 84 valence electrons. The Morgan fingerprint density at radius 3 is 3.06 bits per heavy atom. The first kappa shape index (κ1) is 9.46. The molecule has 0 amide bonds. The predicted molar refractivity (Wildman–Crippen MR) is 52.3 cm³/mol. The number of hydrogen-bond acceptors (Lipinski definition) is 6. The molecule has 0 radical (unpaired) electrons. The topological polar surface area (TPSA) is 101 Å². The summed E-state index contributed by atoms with van der Waals surface area (Å²) in [5.41, 5.74) is 0. The Morgan fingerprint density at radius 2 is 2.38 bits per heavy atom. The van der Waals surface area contributed by atoms with Crippen molar-refractivity contribution in [3.05, 3.63) is 12.2 Å². The maximum absolute atomic E-state index is 9.72. The van der Waals surface area contributed by atoms with Gasteiger partial charge in [-0.15, -0.1) is 0 Å². The second kappa shape index (κ2) is 3.67. The van der Waals surface area contributed by atoms with Gasteiger partial charge in [0.2, 0.25) is 11.7 Å². The zero-order chi connectivity index (χ0) is 11.0. The van der Waals surface area contributed by atoms with Gasteiger partial charge in [0.25, 0.3) is 0 Å². The van der Waals surface area contributed by atoms with E-state index in [2.05, 4.69) is 25.3 Å². The molecular weight excluding hydrogens is 210 g/mol. The standard InChI is InChI=1S/C9H11N5O2/c15-6-3-1-2-5(6)9-12-8(14-16-9)7-10-4-11-13-7/h4-6,15H,1-3H2,(H,10,11,13). The first-order chi connectivity index (χ1) is 7.84. The zero-order valence-electron chi connectivity index (χ0n) is 8.50. The van der Waals surface area contributed by atoms with Gasteiger partial charge in [-0.1, -0.05) is 5.16 Å². The van der Waals surface area contributed by atoms with Crippen LogP contribution >= 0.6 is 0 Å². The summed E-state index contributed by atoms with van der Waals surface area (Å²) < 4.78 is 5.13. The number of aromatic amines is 1. The van der Waals surface area contributed by atoms with Crippen molar-refractivity contribution < 1.29 is 9.63 Å². The predicted octanol–water partition coefficient (Wildman–Crippen LogP) is 0.483. The number of rotatable bonds is 2. The van der Waals surface area contributed by atoms with Crippen molar-refractivity contribution in [2.75, 3.05) is 0 Å². The summed E-state index contributed by atoms with van der Waals surface area (Å²) in [5.74, 6) is 1.30. The summed E-state index contributed by atoms with van der Waals surface area (Å²) in [6, 6.07) is 0. The molecule has 2 unspecified atom stereocenters. The normalized spacial score (nSPS) is 25.1. The third-order valence-electron chi connectivity index (χ3n) is 2.87. The third kappa shape index (κ3) is 1.49. The SMILES string of the molecule is OC1CCCC1c1nc(-c2ncn[nH]2)no1. The van der Waals surface area contributed by atoms with E-state index in [0.717, 1.165) is 19.3 Å². The van der Waals surface area contributed by atoms with Crippen molar-refractivity contribution in [1.82, 2.24) is 25.3 Å². The van der Waals surface area contributed by atoms with E-state index in [0.29, 0.717) is 17.5 Å². The van der Waals surface area contributed by atoms with Crippen LogP contribution in [0.25, 0.3) is 11.6 Å². The fraction of sp³-hybridized carbons (Fsp3) is 0.556. The highest BCUT2D eigenvalue weighted by Crippen LogP contribution is 2.33. The average Bonchev–Trinajstić information content (AvgIpc) is 2.96. The van der Waals surface area contributed by atoms with Gasteiger partial charge < -0.3 is 9.63 Å². The van der Waals surface area contributed by atoms with Gasteiger partial charge in [0.1, 0.15) is 6.33 Å². The molecule has 0 bridgehead atoms. The summed E-state index contributed by atoms with van der Waals surface area (Å²) in [6.45, 7) is 0. The Hall–Kier alpha value is -1.76. The number of aliphatic hydroxyl groups is 1. The molecule has 0 saturated heterocycles. The fourth-order valence-electron chi connectivity index (χ4n) is 2.02. The molecule has 16 heavy (non-hydrogen) atoms. The van der Waals surface area contributed by atoms with E-state index in [-0.39, 0.29) is 12.0 Å². The van der Waals surface area contributed by atoms with Gasteiger partial charge in [-0.2, -0.15) is 10.1 Å². The van der Waals surface area contributed by atoms with Crippen LogP contribution in [0.2, 0.25) is 0 Å². The maximum Gasteiger partial charge on any atom is 0.239 e. The first-order valence-electron chi connectivity index (χ1n) is 5.22. The molecule has 1 fully saturated rings. The average molecular weight is 221 g/mol. The number of nitrogens with one attached hydrogen (secondary N) is 1. The quantitative estimate of drug-likeness (QED) is 0.765. The number of H-pyrrole nitrogens is 1. The Morgan fingerprint density at radius 1 is 1.44 bits per heavy atom. The fourth-order valence-corrected chi connectivity index (χ4v) is 2.02. The molecular formula is C9H11N5O2. The van der Waals surface area contributed by atoms with Crippen LogP contribution in [0.15, 0.2) is 10.9 Å². The molecule has 1 aliphatic rings. The van der Waals surface area contributed by atoms with Gasteiger partial charge in [-0.25, -0.2) is 4.98 Å². The lowest BCUT2D eigenvalue weighted by Crippen LogP contribution is -2.11. The van der Waals surface area contributed by atoms with Crippen molar-refractivity contribution in [2.24, 2.45) is 0 Å². The molecule has 7 nitrogen and oxygen atoms in total. The smallest absolute Gasteiger partial charge is 0.239 e. The minimum absolute atomic E-state index is 0.0378. The molecule has 2 aromatic heterocycles. The van der Waals surface area contributed by atoms with E-state index in [1.807, 2.05) is 0 Å². The summed E-state index contributed by atoms with van der Waals surface area (Å²) in [7, 11) is 0. The molecule has 0 aromatic carbocycles. The van der Waals surface area contributed by atoms with Gasteiger partial charge in [-0.3, -0.25) is 5.10 Å². The number of aliphatic hydroxyl groups excluding tert-OH is 1. The van der Waals surface area contributed by atoms with Crippen molar-refractivity contribution in [1.29, 1.82) is 0 Å². The van der Waals surface area contributed by atoms with Gasteiger partial charge in [0, 0.05) is 0 Å². The van der Waals surface area contributed by atoms with E-state index < -0.39 is 0 Å². The Labute approximate surface area is 90.9 Å². The largest absolute Gasteiger partial charge is 0.392 e. The van der Waals surface area contributed by atoms with Crippen LogP contribution in [0.3, 0.4) is 0 Å². The van der Waals surface area contributed by atoms with Crippen LogP contribution in [0, 0.1) is 0 Å². The molecule has 1 saturated carbocycles. The highest BCUT2D eigenvalue weighted by Gasteiger charge is 2.31. The van der Waals surface area contributed by atoms with E-state index >= 15 is 0 Å². The highest BCUT2D eigenvalue weighted by atomic mass is 16.5. The molecule has 2 heterocycles. The van der Waals surface area contributed by atoms with Crippen LogP contribution in [-0.2, 0) is 0 Å². The van der Waals surface area contributed by atoms with Crippen molar-refractivity contribution >= 4 is 0 Å². The highest BCUT2D eigenvalue weighted by molar-refractivity contribution is 5.39. The second-order valence-electron chi connectivity index (χ2n) is 3.90. The minimum atomic E-state index is -0.372. The minimum Gasteiger partial charge on any atom is -0.392 e. The molecule has 3 rings (SSSR count). The van der Waals surface area contributed by atoms with Crippen molar-refractivity contribution in [3.63, 3.8) is 0 Å². The van der Waals surface area contributed by atoms with Crippen molar-refractivity contribution in [3.8, 4) is 11.6 Å². The van der Waals surface area contributed by atoms with Crippen LogP contribution in [0.5, 0.6) is 0 Å². The van der Waals surface area contributed by atoms with E-state index in [9.17, 15) is 5.11 Å². The van der Waals surface area contributed by atoms with E-state index in [1.54, 1.807) is 0 Å². The van der Waals surface area contributed by atoms with E-state index in [1.165, 1.54) is 6.33 Å². The summed E-state index contributed by atoms with van der Waals surface area (Å²) in [4.78, 5) is 8.14. The number of hydrogen-bond donors (Lipinski definition) is 2. The number of aromatic nitrogens is 5. The maximum atomic E-state index is 9.72. The van der Waals surface area contributed by atoms with Crippen LogP contribution < -0.4 is 0 Å². The number of nitrogens with zero attached hydrogens (tertiary/aromatic N) is 4. The Balaban J connectivity index is 1.88. The lowest BCUT2D eigenvalue weighted by atomic mass is 10.1. The Kier molecular flexibility index (Phi) is 2.17. The molecule has 2 aromatic rings. The molecule has 2 atom stereocenters. The first-order valence-corrected chi connectivity index (χ1v) is 5.22. The lowest BCUT2D eigenvalue weighted by molar-refractivity contribution is 0.148. The van der Waals surface area contributed by atoms with Gasteiger partial charge in [0.15, 0.2) is 5.82 Å². The summed E-state index contributed by atoms with van der Waals surface area (Å²) in [5, 5.41) is 19.9. The third-order valence-corrected chi connectivity index (χ3v) is 2.87. The van der Waals surface area contributed by atoms with E-state index in [4.69, 9.17) is 4.52 Å². The Bertz CT molecular complexity index is 466. The summed E-state index contributed by atoms with van der Waals surface area (Å²) in [6.07, 6.45) is 3.69. The van der Waals surface area contributed by atoms with Crippen LogP contribution in [0.4, 0.5) is 0 Å². The molecule has 0 spiro atoms. The lowest BCUT2D eigenvalue weighted by Gasteiger charge is -2.07. The van der Waals surface area contributed by atoms with Gasteiger partial charge >= 0.3 is 0 Å². The van der Waals surface area contributed by atoms with Crippen LogP contribution in [0.1, 0.15) is 31.1 Å². The molecule has 2 N–H and O–H groups in total.